The smallest absolute Gasteiger partial charge is 0.347 e. The van der Waals surface area contributed by atoms with Gasteiger partial charge in [-0.25, -0.2) is 22.4 Å². The molecule has 6 rings (SSSR count). The molecule has 36 heavy (non-hydrogen) atoms. The Balaban J connectivity index is 1.61. The van der Waals surface area contributed by atoms with Gasteiger partial charge in [-0.1, -0.05) is 5.92 Å². The van der Waals surface area contributed by atoms with Crippen LogP contribution in [0.25, 0.3) is 32.9 Å². The van der Waals surface area contributed by atoms with Crippen LogP contribution in [-0.2, 0) is 4.74 Å². The minimum absolute atomic E-state index is 0.0183. The largest absolute Gasteiger partial charge is 0.399 e. The average Bonchev–Trinajstić information content (AvgIpc) is 3.54. The van der Waals surface area contributed by atoms with E-state index in [2.05, 4.69) is 20.9 Å². The number of pyridine rings is 1. The summed E-state index contributed by atoms with van der Waals surface area (Å²) in [6.45, 7) is 0.792. The maximum absolute atomic E-state index is 16.0. The molecule has 1 aliphatic carbocycles. The van der Waals surface area contributed by atoms with Crippen molar-refractivity contribution >= 4 is 33.2 Å². The molecule has 1 aliphatic heterocycles. The lowest BCUT2D eigenvalue weighted by molar-refractivity contribution is 0.131. The molecule has 3 heterocycles. The van der Waals surface area contributed by atoms with Gasteiger partial charge in [0.25, 0.3) is 0 Å². The number of benzene rings is 2. The molecule has 0 spiro atoms. The molecule has 182 valence electrons. The molecule has 0 amide bonds. The molecule has 1 saturated carbocycles. The average molecular weight is 495 g/mol. The fourth-order valence-electron chi connectivity index (χ4n) is 5.00. The van der Waals surface area contributed by atoms with Crippen molar-refractivity contribution < 1.29 is 22.3 Å². The first-order valence-electron chi connectivity index (χ1n) is 11.1. The number of nitrogens with two attached hydrogens (primary N) is 1. The fourth-order valence-corrected chi connectivity index (χ4v) is 5.00. The molecule has 4 aromatic rings. The minimum atomic E-state index is -1.26. The third-order valence-electron chi connectivity index (χ3n) is 6.70. The van der Waals surface area contributed by atoms with Crippen molar-refractivity contribution in [3.8, 4) is 23.6 Å². The van der Waals surface area contributed by atoms with Gasteiger partial charge < -0.3 is 20.4 Å². The first-order chi connectivity index (χ1) is 17.3. The Morgan fingerprint density at radius 3 is 2.81 bits per heavy atom. The number of aromatic amines is 1. The Kier molecular flexibility index (Phi) is 4.91. The second-order valence-electron chi connectivity index (χ2n) is 8.80. The van der Waals surface area contributed by atoms with E-state index in [0.717, 1.165) is 6.07 Å². The quantitative estimate of drug-likeness (QED) is 0.252. The van der Waals surface area contributed by atoms with Crippen molar-refractivity contribution in [2.75, 3.05) is 30.4 Å². The van der Waals surface area contributed by atoms with E-state index in [4.69, 9.17) is 16.9 Å². The molecule has 3 atom stereocenters. The summed E-state index contributed by atoms with van der Waals surface area (Å²) in [6, 6.07) is 3.09. The van der Waals surface area contributed by atoms with Gasteiger partial charge in [0, 0.05) is 35.3 Å². The summed E-state index contributed by atoms with van der Waals surface area (Å²) in [6.07, 6.45) is 5.59. The Labute approximate surface area is 200 Å². The highest BCUT2D eigenvalue weighted by Crippen LogP contribution is 2.44. The van der Waals surface area contributed by atoms with E-state index in [0.29, 0.717) is 0 Å². The molecule has 0 bridgehead atoms. The summed E-state index contributed by atoms with van der Waals surface area (Å²) >= 11 is 0. The summed E-state index contributed by atoms with van der Waals surface area (Å²) in [5.74, 6) is -1.56. The van der Waals surface area contributed by atoms with Crippen molar-refractivity contribution in [3.05, 3.63) is 57.9 Å². The van der Waals surface area contributed by atoms with E-state index in [-0.39, 0.29) is 70.1 Å². The molecule has 2 fully saturated rings. The van der Waals surface area contributed by atoms with Gasteiger partial charge in [-0.2, -0.15) is 4.98 Å². The number of rotatable bonds is 2. The standard InChI is InChI=1S/C25H17F4N5O2/c1-2-12-17-10(6-16(26)18(12)27)5-11(30)7-13(17)21-20(29)22-14(8-31-21)24(33-25(35)32-22)34-3-4-36-9-15-19(28)23(15)34/h1,5-8,15,19,23H,3-4,9,30H2,(H,32,33,35)/t15-,19-,23-/m0/s1. The van der Waals surface area contributed by atoms with Crippen LogP contribution < -0.4 is 16.3 Å². The molecular weight excluding hydrogens is 478 g/mol. The summed E-state index contributed by atoms with van der Waals surface area (Å²) < 4.78 is 64.4. The van der Waals surface area contributed by atoms with Crippen LogP contribution in [0, 0.1) is 35.7 Å². The zero-order chi connectivity index (χ0) is 25.3. The molecule has 2 aliphatic rings. The molecular formula is C25H17F4N5O2. The lowest BCUT2D eigenvalue weighted by atomic mass is 9.95. The number of anilines is 2. The highest BCUT2D eigenvalue weighted by atomic mass is 19.2. The molecule has 0 radical (unpaired) electrons. The van der Waals surface area contributed by atoms with Crippen LogP contribution in [0.2, 0.25) is 0 Å². The van der Waals surface area contributed by atoms with E-state index in [1.54, 1.807) is 4.90 Å². The second-order valence-corrected chi connectivity index (χ2v) is 8.80. The molecule has 1 saturated heterocycles. The van der Waals surface area contributed by atoms with Crippen molar-refractivity contribution in [1.82, 2.24) is 15.0 Å². The van der Waals surface area contributed by atoms with Crippen LogP contribution >= 0.6 is 0 Å². The van der Waals surface area contributed by atoms with Crippen LogP contribution in [0.3, 0.4) is 0 Å². The molecule has 2 aromatic heterocycles. The third-order valence-corrected chi connectivity index (χ3v) is 6.70. The number of fused-ring (bicyclic) bond motifs is 3. The SMILES string of the molecule is C#Cc1c(F)c(F)cc2cc(N)cc(-c3ncc4c(N5CCOC[C@H]6[C@H](F)[C@H]65)nc(=O)[nH]c4c3F)c12. The number of H-pyrrole nitrogens is 1. The topological polar surface area (TPSA) is 97.1 Å². The Morgan fingerprint density at radius 2 is 2.03 bits per heavy atom. The van der Waals surface area contributed by atoms with Gasteiger partial charge in [0.1, 0.15) is 17.7 Å². The predicted octanol–water partition coefficient (Wildman–Crippen LogP) is 3.29. The van der Waals surface area contributed by atoms with Crippen LogP contribution in [-0.4, -0.2) is 46.9 Å². The molecule has 11 heteroatoms. The van der Waals surface area contributed by atoms with Crippen LogP contribution in [0.15, 0.2) is 29.2 Å². The number of hydrogen-bond acceptors (Lipinski definition) is 6. The Hall–Kier alpha value is -4.17. The lowest BCUT2D eigenvalue weighted by Crippen LogP contribution is -2.33. The summed E-state index contributed by atoms with van der Waals surface area (Å²) in [4.78, 5) is 24.6. The zero-order valence-corrected chi connectivity index (χ0v) is 18.5. The number of halogens is 4. The van der Waals surface area contributed by atoms with E-state index in [1.165, 1.54) is 18.3 Å². The first-order valence-corrected chi connectivity index (χ1v) is 11.1. The van der Waals surface area contributed by atoms with Gasteiger partial charge in [-0.05, 0) is 23.6 Å². The number of alkyl halides is 1. The van der Waals surface area contributed by atoms with Crippen molar-refractivity contribution in [1.29, 1.82) is 0 Å². The number of nitrogen functional groups attached to an aromatic ring is 1. The van der Waals surface area contributed by atoms with Crippen molar-refractivity contribution in [3.63, 3.8) is 0 Å². The monoisotopic (exact) mass is 495 g/mol. The highest BCUT2D eigenvalue weighted by Gasteiger charge is 2.56. The van der Waals surface area contributed by atoms with E-state index >= 15 is 4.39 Å². The van der Waals surface area contributed by atoms with Gasteiger partial charge in [0.05, 0.1) is 35.7 Å². The van der Waals surface area contributed by atoms with Crippen molar-refractivity contribution in [2.24, 2.45) is 5.92 Å². The van der Waals surface area contributed by atoms with Gasteiger partial charge in [-0.15, -0.1) is 6.42 Å². The number of nitrogens with zero attached hydrogens (tertiary/aromatic N) is 3. The molecule has 2 aromatic carbocycles. The number of aromatic nitrogens is 3. The summed E-state index contributed by atoms with van der Waals surface area (Å²) in [7, 11) is 0. The normalized spacial score (nSPS) is 21.3. The zero-order valence-electron chi connectivity index (χ0n) is 18.5. The summed E-state index contributed by atoms with van der Waals surface area (Å²) in [5, 5.41) is 0.345. The van der Waals surface area contributed by atoms with E-state index in [1.807, 2.05) is 0 Å². The minimum Gasteiger partial charge on any atom is -0.399 e. The van der Waals surface area contributed by atoms with Crippen molar-refractivity contribution in [2.45, 2.75) is 12.2 Å². The molecule has 0 unspecified atom stereocenters. The van der Waals surface area contributed by atoms with Gasteiger partial charge in [0.2, 0.25) is 0 Å². The number of hydrogen-bond donors (Lipinski definition) is 2. The number of terminal acetylenes is 1. The second kappa shape index (κ2) is 7.93. The van der Waals surface area contributed by atoms with E-state index < -0.39 is 40.9 Å². The molecule has 7 nitrogen and oxygen atoms in total. The van der Waals surface area contributed by atoms with Gasteiger partial charge in [0.15, 0.2) is 17.5 Å². The molecule has 3 N–H and O–H groups in total. The maximum Gasteiger partial charge on any atom is 0.347 e. The van der Waals surface area contributed by atoms with Gasteiger partial charge >= 0.3 is 5.69 Å². The maximum atomic E-state index is 16.0. The van der Waals surface area contributed by atoms with Crippen LogP contribution in [0.4, 0.5) is 29.1 Å². The Bertz CT molecular complexity index is 1680. The van der Waals surface area contributed by atoms with Crippen LogP contribution in [0.1, 0.15) is 5.56 Å². The van der Waals surface area contributed by atoms with E-state index in [9.17, 15) is 18.0 Å². The third kappa shape index (κ3) is 3.21. The summed E-state index contributed by atoms with van der Waals surface area (Å²) in [5.41, 5.74) is 4.33. The number of ether oxygens (including phenoxy) is 1. The fraction of sp³-hybridized carbons (Fsp3) is 0.240. The van der Waals surface area contributed by atoms with Gasteiger partial charge in [-0.3, -0.25) is 4.98 Å². The van der Waals surface area contributed by atoms with Crippen LogP contribution in [0.5, 0.6) is 0 Å². The predicted molar refractivity (Wildman–Crippen MR) is 126 cm³/mol. The Morgan fingerprint density at radius 1 is 1.22 bits per heavy atom. The number of nitrogens with one attached hydrogen (secondary N) is 1. The first kappa shape index (κ1) is 22.3. The lowest BCUT2D eigenvalue weighted by Gasteiger charge is -2.23. The highest BCUT2D eigenvalue weighted by molar-refractivity contribution is 6.03.